The number of thiazole rings is 1. The van der Waals surface area contributed by atoms with E-state index in [0.29, 0.717) is 0 Å². The van der Waals surface area contributed by atoms with Crippen LogP contribution in [0.5, 0.6) is 0 Å². The van der Waals surface area contributed by atoms with Crippen molar-refractivity contribution >= 4 is 33.6 Å². The Hall–Kier alpha value is -1.60. The average Bonchev–Trinajstić information content (AvgIpc) is 3.31. The predicted octanol–water partition coefficient (Wildman–Crippen LogP) is 3.41. The molecular weight excluding hydrogens is 362 g/mol. The molecule has 26 heavy (non-hydrogen) atoms. The van der Waals surface area contributed by atoms with Gasteiger partial charge in [-0.2, -0.15) is 0 Å². The standard InChI is InChI=1S/C19H29N5S2/c1-4-16-15(3)26-17(22-16)8-9-21-19(20-5-2)24-12-10-23(11-13-24)18-7-6-14-25-18/h6-7,14H,4-5,8-13H2,1-3H3,(H,20,21). The Morgan fingerprint density at radius 2 is 2.08 bits per heavy atom. The Bertz CT molecular complexity index is 700. The van der Waals surface area contributed by atoms with Crippen molar-refractivity contribution in [3.05, 3.63) is 33.1 Å². The lowest BCUT2D eigenvalue weighted by atomic mass is 10.3. The van der Waals surface area contributed by atoms with Gasteiger partial charge in [-0.1, -0.05) is 6.92 Å². The van der Waals surface area contributed by atoms with E-state index in [0.717, 1.165) is 58.1 Å². The number of nitrogens with one attached hydrogen (secondary N) is 1. The third kappa shape index (κ3) is 4.76. The number of piperazine rings is 1. The summed E-state index contributed by atoms with van der Waals surface area (Å²) in [7, 11) is 0. The van der Waals surface area contributed by atoms with E-state index in [9.17, 15) is 0 Å². The first-order valence-corrected chi connectivity index (χ1v) is 11.2. The summed E-state index contributed by atoms with van der Waals surface area (Å²) >= 11 is 3.64. The monoisotopic (exact) mass is 391 g/mol. The van der Waals surface area contributed by atoms with Crippen LogP contribution in [0.25, 0.3) is 0 Å². The summed E-state index contributed by atoms with van der Waals surface area (Å²) in [5.74, 6) is 1.04. The summed E-state index contributed by atoms with van der Waals surface area (Å²) in [5.41, 5.74) is 1.24. The van der Waals surface area contributed by atoms with Gasteiger partial charge in [-0.05, 0) is 37.8 Å². The lowest BCUT2D eigenvalue weighted by Crippen LogP contribution is -2.52. The Kier molecular flexibility index (Phi) is 6.91. The van der Waals surface area contributed by atoms with Gasteiger partial charge in [0.15, 0.2) is 5.96 Å². The van der Waals surface area contributed by atoms with E-state index in [2.05, 4.69) is 53.4 Å². The second-order valence-electron chi connectivity index (χ2n) is 6.38. The number of aliphatic imine (C=N–C) groups is 1. The molecule has 0 bridgehead atoms. The highest BCUT2D eigenvalue weighted by Crippen LogP contribution is 2.22. The number of hydrogen-bond donors (Lipinski definition) is 1. The van der Waals surface area contributed by atoms with Gasteiger partial charge >= 0.3 is 0 Å². The Morgan fingerprint density at radius 1 is 1.27 bits per heavy atom. The first-order chi connectivity index (χ1) is 12.7. The fourth-order valence-electron chi connectivity index (χ4n) is 3.19. The molecule has 7 heteroatoms. The van der Waals surface area contributed by atoms with Gasteiger partial charge in [-0.15, -0.1) is 22.7 Å². The smallest absolute Gasteiger partial charge is 0.194 e. The molecule has 0 aromatic carbocycles. The molecule has 0 aliphatic carbocycles. The Morgan fingerprint density at radius 3 is 2.69 bits per heavy atom. The van der Waals surface area contributed by atoms with Crippen molar-refractivity contribution in [2.45, 2.75) is 33.6 Å². The Balaban J connectivity index is 1.55. The number of aryl methyl sites for hydroxylation is 2. The van der Waals surface area contributed by atoms with Gasteiger partial charge in [-0.3, -0.25) is 4.99 Å². The molecule has 3 rings (SSSR count). The molecule has 1 N–H and O–H groups in total. The minimum absolute atomic E-state index is 0.795. The predicted molar refractivity (Wildman–Crippen MR) is 114 cm³/mol. The summed E-state index contributed by atoms with van der Waals surface area (Å²) in [6, 6.07) is 4.34. The molecule has 3 heterocycles. The van der Waals surface area contributed by atoms with Crippen LogP contribution in [0.4, 0.5) is 5.00 Å². The topological polar surface area (TPSA) is 43.8 Å². The molecule has 5 nitrogen and oxygen atoms in total. The summed E-state index contributed by atoms with van der Waals surface area (Å²) < 4.78 is 0. The molecule has 0 radical (unpaired) electrons. The van der Waals surface area contributed by atoms with Crippen molar-refractivity contribution in [1.82, 2.24) is 15.2 Å². The maximum absolute atomic E-state index is 4.87. The van der Waals surface area contributed by atoms with Gasteiger partial charge in [0.2, 0.25) is 0 Å². The molecule has 1 aliphatic heterocycles. The number of anilines is 1. The van der Waals surface area contributed by atoms with E-state index < -0.39 is 0 Å². The van der Waals surface area contributed by atoms with Crippen LogP contribution < -0.4 is 10.2 Å². The SMILES string of the molecule is CCNC(=NCCc1nc(CC)c(C)s1)N1CCN(c2cccs2)CC1. The molecule has 0 unspecified atom stereocenters. The zero-order valence-electron chi connectivity index (χ0n) is 16.0. The van der Waals surface area contributed by atoms with Gasteiger partial charge in [0, 0.05) is 50.6 Å². The van der Waals surface area contributed by atoms with Crippen LogP contribution in [0.1, 0.15) is 29.4 Å². The van der Waals surface area contributed by atoms with Crippen LogP contribution in [0.15, 0.2) is 22.5 Å². The van der Waals surface area contributed by atoms with Crippen molar-refractivity contribution in [3.8, 4) is 0 Å². The van der Waals surface area contributed by atoms with Crippen molar-refractivity contribution in [2.75, 3.05) is 44.2 Å². The largest absolute Gasteiger partial charge is 0.360 e. The van der Waals surface area contributed by atoms with E-state index in [-0.39, 0.29) is 0 Å². The van der Waals surface area contributed by atoms with Crippen molar-refractivity contribution in [2.24, 2.45) is 4.99 Å². The van der Waals surface area contributed by atoms with Crippen molar-refractivity contribution in [3.63, 3.8) is 0 Å². The fraction of sp³-hybridized carbons (Fsp3) is 0.579. The van der Waals surface area contributed by atoms with Gasteiger partial charge in [0.1, 0.15) is 0 Å². The molecule has 0 saturated carbocycles. The maximum Gasteiger partial charge on any atom is 0.194 e. The van der Waals surface area contributed by atoms with Crippen LogP contribution in [-0.4, -0.2) is 55.1 Å². The highest BCUT2D eigenvalue weighted by atomic mass is 32.1. The number of guanidine groups is 1. The lowest BCUT2D eigenvalue weighted by Gasteiger charge is -2.37. The van der Waals surface area contributed by atoms with Crippen LogP contribution in [0.3, 0.4) is 0 Å². The second-order valence-corrected chi connectivity index (χ2v) is 8.59. The first-order valence-electron chi connectivity index (χ1n) is 9.48. The molecule has 2 aromatic rings. The molecule has 2 aromatic heterocycles. The van der Waals surface area contributed by atoms with Crippen molar-refractivity contribution in [1.29, 1.82) is 0 Å². The molecule has 1 saturated heterocycles. The highest BCUT2D eigenvalue weighted by Gasteiger charge is 2.20. The zero-order valence-corrected chi connectivity index (χ0v) is 17.6. The van der Waals surface area contributed by atoms with Crippen molar-refractivity contribution < 1.29 is 0 Å². The fourth-order valence-corrected chi connectivity index (χ4v) is 4.99. The van der Waals surface area contributed by atoms with Gasteiger partial charge < -0.3 is 15.1 Å². The van der Waals surface area contributed by atoms with Crippen LogP contribution in [0, 0.1) is 6.92 Å². The number of hydrogen-bond acceptors (Lipinski definition) is 5. The van der Waals surface area contributed by atoms with Crippen LogP contribution in [0.2, 0.25) is 0 Å². The quantitative estimate of drug-likeness (QED) is 0.605. The number of rotatable bonds is 6. The minimum Gasteiger partial charge on any atom is -0.360 e. The molecule has 142 valence electrons. The lowest BCUT2D eigenvalue weighted by molar-refractivity contribution is 0.373. The molecule has 1 aliphatic rings. The van der Waals surface area contributed by atoms with Crippen LogP contribution in [-0.2, 0) is 12.8 Å². The minimum atomic E-state index is 0.795. The first kappa shape index (κ1) is 19.2. The normalized spacial score (nSPS) is 15.6. The molecular formula is C19H29N5S2. The molecule has 0 amide bonds. The van der Waals surface area contributed by atoms with E-state index in [1.807, 2.05) is 22.7 Å². The molecule has 0 spiro atoms. The van der Waals surface area contributed by atoms with Gasteiger partial charge in [0.25, 0.3) is 0 Å². The summed E-state index contributed by atoms with van der Waals surface area (Å²) in [4.78, 5) is 15.8. The van der Waals surface area contributed by atoms with Crippen LogP contribution >= 0.6 is 22.7 Å². The summed E-state index contributed by atoms with van der Waals surface area (Å²) in [5, 5.41) is 8.19. The summed E-state index contributed by atoms with van der Waals surface area (Å²) in [6.45, 7) is 12.3. The maximum atomic E-state index is 4.87. The molecule has 1 fully saturated rings. The number of thiophene rings is 1. The average molecular weight is 392 g/mol. The van der Waals surface area contributed by atoms with E-state index in [4.69, 9.17) is 9.98 Å². The second kappa shape index (κ2) is 9.37. The number of nitrogens with zero attached hydrogens (tertiary/aromatic N) is 4. The Labute approximate surface area is 164 Å². The van der Waals surface area contributed by atoms with E-state index >= 15 is 0 Å². The zero-order chi connectivity index (χ0) is 18.4. The van der Waals surface area contributed by atoms with Gasteiger partial charge in [-0.25, -0.2) is 4.98 Å². The van der Waals surface area contributed by atoms with E-state index in [1.165, 1.54) is 20.6 Å². The third-order valence-corrected chi connectivity index (χ3v) is 6.59. The summed E-state index contributed by atoms with van der Waals surface area (Å²) in [6.07, 6.45) is 1.94. The highest BCUT2D eigenvalue weighted by molar-refractivity contribution is 7.14. The molecule has 0 atom stereocenters. The third-order valence-electron chi connectivity index (χ3n) is 4.59. The van der Waals surface area contributed by atoms with Gasteiger partial charge in [0.05, 0.1) is 15.7 Å². The van der Waals surface area contributed by atoms with E-state index in [1.54, 1.807) is 0 Å². The number of aromatic nitrogens is 1.